The van der Waals surface area contributed by atoms with Crippen LogP contribution in [0.15, 0.2) is 60.1 Å². The van der Waals surface area contributed by atoms with Crippen molar-refractivity contribution in [3.8, 4) is 16.3 Å². The molecular formula is C26H30N2O3S. The van der Waals surface area contributed by atoms with Crippen molar-refractivity contribution < 1.29 is 14.3 Å². The van der Waals surface area contributed by atoms with Gasteiger partial charge in [-0.15, -0.1) is 11.3 Å². The largest absolute Gasteiger partial charge is 0.491 e. The molecule has 1 amide bonds. The molecule has 0 bridgehead atoms. The quantitative estimate of drug-likeness (QED) is 0.450. The zero-order valence-corrected chi connectivity index (χ0v) is 19.7. The van der Waals surface area contributed by atoms with Crippen molar-refractivity contribution in [3.63, 3.8) is 0 Å². The van der Waals surface area contributed by atoms with E-state index in [1.807, 2.05) is 44.5 Å². The number of likely N-dealkylation sites (tertiary alicyclic amines) is 1. The van der Waals surface area contributed by atoms with E-state index in [0.717, 1.165) is 42.1 Å². The molecule has 1 unspecified atom stereocenters. The van der Waals surface area contributed by atoms with Crippen LogP contribution in [-0.4, -0.2) is 40.8 Å². The Morgan fingerprint density at radius 2 is 1.78 bits per heavy atom. The molecule has 0 radical (unpaired) electrons. The van der Waals surface area contributed by atoms with Crippen LogP contribution in [0.3, 0.4) is 0 Å². The number of benzene rings is 2. The first-order valence-corrected chi connectivity index (χ1v) is 12.0. The van der Waals surface area contributed by atoms with Crippen LogP contribution < -0.4 is 4.74 Å². The lowest BCUT2D eigenvalue weighted by atomic mass is 10.0. The molecule has 0 N–H and O–H groups in total. The number of hydrogen-bond donors (Lipinski definition) is 0. The van der Waals surface area contributed by atoms with Crippen LogP contribution in [0.5, 0.6) is 5.75 Å². The molecule has 2 aromatic carbocycles. The van der Waals surface area contributed by atoms with E-state index in [4.69, 9.17) is 9.47 Å². The van der Waals surface area contributed by atoms with E-state index in [1.54, 1.807) is 16.2 Å². The van der Waals surface area contributed by atoms with Gasteiger partial charge in [-0.25, -0.2) is 9.78 Å². The molecule has 5 nitrogen and oxygen atoms in total. The number of thiazole rings is 1. The van der Waals surface area contributed by atoms with E-state index in [-0.39, 0.29) is 12.1 Å². The minimum absolute atomic E-state index is 0.0564. The molecule has 1 aliphatic rings. The summed E-state index contributed by atoms with van der Waals surface area (Å²) in [5.74, 6) is 0.823. The third-order valence-electron chi connectivity index (χ3n) is 5.41. The van der Waals surface area contributed by atoms with Gasteiger partial charge in [0.25, 0.3) is 0 Å². The Hall–Kier alpha value is -2.86. The number of amides is 1. The Morgan fingerprint density at radius 1 is 1.09 bits per heavy atom. The number of carbonyl (C=O) groups is 1. The fourth-order valence-electron chi connectivity index (χ4n) is 3.83. The average Bonchev–Trinajstić information content (AvgIpc) is 3.45. The second-order valence-corrected chi connectivity index (χ2v) is 10.0. The molecular weight excluding hydrogens is 420 g/mol. The first-order chi connectivity index (χ1) is 15.4. The summed E-state index contributed by atoms with van der Waals surface area (Å²) in [6.07, 6.45) is 4.37. The Morgan fingerprint density at radius 3 is 2.41 bits per heavy atom. The van der Waals surface area contributed by atoms with Crippen LogP contribution in [0.2, 0.25) is 0 Å². The zero-order chi connectivity index (χ0) is 22.6. The highest BCUT2D eigenvalue weighted by Crippen LogP contribution is 2.24. The van der Waals surface area contributed by atoms with Crippen molar-refractivity contribution in [2.24, 2.45) is 0 Å². The molecule has 0 aliphatic carbocycles. The second kappa shape index (κ2) is 9.74. The lowest BCUT2D eigenvalue weighted by Gasteiger charge is -2.28. The molecule has 1 saturated heterocycles. The maximum atomic E-state index is 12.4. The van der Waals surface area contributed by atoms with Crippen LogP contribution in [0, 0.1) is 0 Å². The first-order valence-electron chi connectivity index (χ1n) is 11.1. The van der Waals surface area contributed by atoms with Gasteiger partial charge >= 0.3 is 6.09 Å². The minimum atomic E-state index is -0.484. The molecule has 32 heavy (non-hydrogen) atoms. The Labute approximate surface area is 194 Å². The highest BCUT2D eigenvalue weighted by atomic mass is 32.1. The van der Waals surface area contributed by atoms with Crippen LogP contribution >= 0.6 is 11.3 Å². The smallest absolute Gasteiger partial charge is 0.410 e. The predicted molar refractivity (Wildman–Crippen MR) is 128 cm³/mol. The number of rotatable bonds is 6. The van der Waals surface area contributed by atoms with Crippen molar-refractivity contribution in [3.05, 3.63) is 71.2 Å². The maximum Gasteiger partial charge on any atom is 0.410 e. The number of aromatic nitrogens is 1. The van der Waals surface area contributed by atoms with E-state index in [0.29, 0.717) is 6.61 Å². The molecule has 1 fully saturated rings. The molecule has 6 heteroatoms. The lowest BCUT2D eigenvalue weighted by Crippen LogP contribution is -2.42. The molecule has 1 atom stereocenters. The third-order valence-corrected chi connectivity index (χ3v) is 6.23. The van der Waals surface area contributed by atoms with E-state index < -0.39 is 5.60 Å². The summed E-state index contributed by atoms with van der Waals surface area (Å²) in [6, 6.07) is 16.8. The average molecular weight is 451 g/mol. The fourth-order valence-corrected chi connectivity index (χ4v) is 4.48. The van der Waals surface area contributed by atoms with E-state index in [9.17, 15) is 4.79 Å². The predicted octanol–water partition coefficient (Wildman–Crippen LogP) is 6.18. The van der Waals surface area contributed by atoms with Crippen LogP contribution in [0.25, 0.3) is 10.6 Å². The third kappa shape index (κ3) is 5.88. The number of nitrogens with zero attached hydrogens (tertiary/aromatic N) is 2. The van der Waals surface area contributed by atoms with Gasteiger partial charge in [-0.05, 0) is 63.3 Å². The Bertz CT molecular complexity index is 1010. The molecule has 2 heterocycles. The highest BCUT2D eigenvalue weighted by molar-refractivity contribution is 7.13. The van der Waals surface area contributed by atoms with Crippen LogP contribution in [0.1, 0.15) is 44.7 Å². The minimum Gasteiger partial charge on any atom is -0.491 e. The molecule has 0 spiro atoms. The van der Waals surface area contributed by atoms with Gasteiger partial charge in [0, 0.05) is 23.7 Å². The summed E-state index contributed by atoms with van der Waals surface area (Å²) >= 11 is 1.65. The molecule has 168 valence electrons. The summed E-state index contributed by atoms with van der Waals surface area (Å²) in [7, 11) is 0. The maximum absolute atomic E-state index is 12.4. The van der Waals surface area contributed by atoms with Crippen LogP contribution in [-0.2, 0) is 11.2 Å². The normalized spacial score (nSPS) is 16.2. The zero-order valence-electron chi connectivity index (χ0n) is 18.9. The number of hydrogen-bond acceptors (Lipinski definition) is 5. The molecule has 3 aromatic rings. The van der Waals surface area contributed by atoms with Gasteiger partial charge in [-0.2, -0.15) is 0 Å². The number of carbonyl (C=O) groups excluding carboxylic acids is 1. The summed E-state index contributed by atoms with van der Waals surface area (Å²) in [5.41, 5.74) is 3.16. The summed E-state index contributed by atoms with van der Waals surface area (Å²) in [5, 5.41) is 3.04. The summed E-state index contributed by atoms with van der Waals surface area (Å²) in [4.78, 5) is 18.6. The van der Waals surface area contributed by atoms with E-state index in [2.05, 4.69) is 41.4 Å². The van der Waals surface area contributed by atoms with Crippen molar-refractivity contribution in [1.82, 2.24) is 9.88 Å². The number of ether oxygens (including phenoxy) is 2. The van der Waals surface area contributed by atoms with Gasteiger partial charge in [0.05, 0.1) is 6.04 Å². The lowest BCUT2D eigenvalue weighted by molar-refractivity contribution is 0.0187. The molecule has 4 rings (SSSR count). The monoisotopic (exact) mass is 450 g/mol. The Balaban J connectivity index is 1.30. The standard InChI is InChI=1S/C26H30N2O3S/c1-26(2,3)31-25(29)28-15-4-5-22(28)18-30-23-12-8-20(9-13-23)17-19-6-10-21(11-7-19)24-27-14-16-32-24/h6-14,16,22H,4-5,15,17-18H2,1-3H3. The van der Waals surface area contributed by atoms with Crippen molar-refractivity contribution in [1.29, 1.82) is 0 Å². The highest BCUT2D eigenvalue weighted by Gasteiger charge is 2.32. The van der Waals surface area contributed by atoms with Gasteiger partial charge in [-0.3, -0.25) is 0 Å². The Kier molecular flexibility index (Phi) is 6.80. The summed E-state index contributed by atoms with van der Waals surface area (Å²) in [6.45, 7) is 6.88. The first kappa shape index (κ1) is 22.3. The van der Waals surface area contributed by atoms with Gasteiger partial charge in [-0.1, -0.05) is 36.4 Å². The van der Waals surface area contributed by atoms with E-state index in [1.165, 1.54) is 11.1 Å². The topological polar surface area (TPSA) is 51.7 Å². The van der Waals surface area contributed by atoms with Gasteiger partial charge in [0.2, 0.25) is 0 Å². The van der Waals surface area contributed by atoms with Gasteiger partial charge in [0.15, 0.2) is 0 Å². The van der Waals surface area contributed by atoms with Crippen molar-refractivity contribution in [2.75, 3.05) is 13.2 Å². The van der Waals surface area contributed by atoms with Crippen LogP contribution in [0.4, 0.5) is 4.79 Å². The SMILES string of the molecule is CC(C)(C)OC(=O)N1CCCC1COc1ccc(Cc2ccc(-c3nccs3)cc2)cc1. The van der Waals surface area contributed by atoms with E-state index >= 15 is 0 Å². The van der Waals surface area contributed by atoms with Crippen molar-refractivity contribution >= 4 is 17.4 Å². The fraction of sp³-hybridized carbons (Fsp3) is 0.385. The molecule has 1 aliphatic heterocycles. The summed E-state index contributed by atoms with van der Waals surface area (Å²) < 4.78 is 11.5. The molecule has 1 aromatic heterocycles. The van der Waals surface area contributed by atoms with Crippen molar-refractivity contribution in [2.45, 2.75) is 51.7 Å². The second-order valence-electron chi connectivity index (χ2n) is 9.14. The molecule has 0 saturated carbocycles. The van der Waals surface area contributed by atoms with Gasteiger partial charge in [0.1, 0.15) is 23.0 Å². The van der Waals surface area contributed by atoms with Gasteiger partial charge < -0.3 is 14.4 Å².